The topological polar surface area (TPSA) is 73.9 Å². The number of rotatable bonds is 2. The Labute approximate surface area is 98.6 Å². The summed E-state index contributed by atoms with van der Waals surface area (Å²) in [5.41, 5.74) is -1.01. The Morgan fingerprint density at radius 3 is 3.00 bits per heavy atom. The number of aromatic carboxylic acids is 1. The summed E-state index contributed by atoms with van der Waals surface area (Å²) in [5.74, 6) is -0.810. The van der Waals surface area contributed by atoms with E-state index in [1.807, 2.05) is 0 Å². The molecule has 0 aliphatic carbocycles. The molecule has 0 saturated carbocycles. The first-order chi connectivity index (χ1) is 8.11. The van der Waals surface area contributed by atoms with Gasteiger partial charge in [0.2, 0.25) is 5.76 Å². The SMILES string of the molecule is O=C(O)c1ccc(C2(O)CCN3CCCC32)o1. The molecule has 1 aromatic heterocycles. The van der Waals surface area contributed by atoms with E-state index in [1.54, 1.807) is 6.07 Å². The smallest absolute Gasteiger partial charge is 0.371 e. The minimum absolute atomic E-state index is 0.0790. The number of aliphatic hydroxyl groups is 1. The van der Waals surface area contributed by atoms with Crippen molar-refractivity contribution in [2.75, 3.05) is 13.1 Å². The number of fused-ring (bicyclic) bond motifs is 1. The predicted molar refractivity (Wildman–Crippen MR) is 58.8 cm³/mol. The van der Waals surface area contributed by atoms with Crippen LogP contribution in [0.5, 0.6) is 0 Å². The number of nitrogens with zero attached hydrogens (tertiary/aromatic N) is 1. The molecule has 2 fully saturated rings. The molecule has 2 aliphatic rings. The zero-order valence-electron chi connectivity index (χ0n) is 9.43. The fraction of sp³-hybridized carbons (Fsp3) is 0.583. The van der Waals surface area contributed by atoms with Crippen LogP contribution >= 0.6 is 0 Å². The Bertz CT molecular complexity index is 455. The zero-order chi connectivity index (χ0) is 12.0. The first-order valence-corrected chi connectivity index (χ1v) is 5.91. The van der Waals surface area contributed by atoms with Crippen LogP contribution in [0.15, 0.2) is 16.5 Å². The van der Waals surface area contributed by atoms with Crippen LogP contribution in [-0.2, 0) is 5.60 Å². The maximum atomic E-state index is 10.8. The average molecular weight is 237 g/mol. The van der Waals surface area contributed by atoms with Gasteiger partial charge in [0.25, 0.3) is 0 Å². The first-order valence-electron chi connectivity index (χ1n) is 5.91. The number of carbonyl (C=O) groups is 1. The van der Waals surface area contributed by atoms with Gasteiger partial charge in [-0.3, -0.25) is 4.90 Å². The molecule has 92 valence electrons. The largest absolute Gasteiger partial charge is 0.475 e. The Balaban J connectivity index is 1.94. The number of hydrogen-bond donors (Lipinski definition) is 2. The Kier molecular flexibility index (Phi) is 2.27. The number of furan rings is 1. The van der Waals surface area contributed by atoms with Gasteiger partial charge in [0.15, 0.2) is 0 Å². The molecular formula is C12H15NO4. The Hall–Kier alpha value is -1.33. The van der Waals surface area contributed by atoms with E-state index in [9.17, 15) is 9.90 Å². The monoisotopic (exact) mass is 237 g/mol. The van der Waals surface area contributed by atoms with E-state index in [-0.39, 0.29) is 11.8 Å². The van der Waals surface area contributed by atoms with Crippen LogP contribution in [0, 0.1) is 0 Å². The number of carboxylic acids is 1. The molecule has 1 aromatic rings. The van der Waals surface area contributed by atoms with Crippen LogP contribution in [0.2, 0.25) is 0 Å². The molecule has 5 nitrogen and oxygen atoms in total. The molecule has 2 atom stereocenters. The molecule has 17 heavy (non-hydrogen) atoms. The van der Waals surface area contributed by atoms with Crippen molar-refractivity contribution in [3.8, 4) is 0 Å². The highest BCUT2D eigenvalue weighted by Gasteiger charge is 2.51. The van der Waals surface area contributed by atoms with E-state index >= 15 is 0 Å². The summed E-state index contributed by atoms with van der Waals surface area (Å²) < 4.78 is 5.26. The molecule has 5 heteroatoms. The van der Waals surface area contributed by atoms with Crippen LogP contribution in [0.25, 0.3) is 0 Å². The van der Waals surface area contributed by atoms with Crippen LogP contribution in [0.3, 0.4) is 0 Å². The van der Waals surface area contributed by atoms with E-state index in [2.05, 4.69) is 4.90 Å². The summed E-state index contributed by atoms with van der Waals surface area (Å²) in [6.45, 7) is 1.86. The second kappa shape index (κ2) is 3.58. The van der Waals surface area contributed by atoms with Crippen molar-refractivity contribution in [3.05, 3.63) is 23.7 Å². The van der Waals surface area contributed by atoms with Gasteiger partial charge >= 0.3 is 5.97 Å². The zero-order valence-corrected chi connectivity index (χ0v) is 9.43. The molecular weight excluding hydrogens is 222 g/mol. The van der Waals surface area contributed by atoms with E-state index in [0.717, 1.165) is 25.9 Å². The molecule has 0 amide bonds. The van der Waals surface area contributed by atoms with E-state index in [0.29, 0.717) is 12.2 Å². The van der Waals surface area contributed by atoms with Crippen LogP contribution in [-0.4, -0.2) is 40.2 Å². The van der Waals surface area contributed by atoms with Crippen LogP contribution < -0.4 is 0 Å². The molecule has 2 saturated heterocycles. The quantitative estimate of drug-likeness (QED) is 0.803. The third-order valence-electron chi connectivity index (χ3n) is 3.94. The standard InChI is InChI=1S/C12H15NO4/c14-11(15)8-3-4-10(17-8)12(16)5-7-13-6-1-2-9(12)13/h3-4,9,16H,1-2,5-7H2,(H,14,15). The van der Waals surface area contributed by atoms with Crippen molar-refractivity contribution in [1.82, 2.24) is 4.90 Å². The molecule has 3 rings (SSSR count). The molecule has 0 bridgehead atoms. The van der Waals surface area contributed by atoms with E-state index in [4.69, 9.17) is 9.52 Å². The van der Waals surface area contributed by atoms with Gasteiger partial charge in [-0.1, -0.05) is 0 Å². The van der Waals surface area contributed by atoms with Gasteiger partial charge < -0.3 is 14.6 Å². The third-order valence-corrected chi connectivity index (χ3v) is 3.94. The summed E-state index contributed by atoms with van der Waals surface area (Å²) >= 11 is 0. The van der Waals surface area contributed by atoms with E-state index in [1.165, 1.54) is 6.07 Å². The molecule has 2 aliphatic heterocycles. The van der Waals surface area contributed by atoms with Gasteiger partial charge in [0, 0.05) is 12.6 Å². The van der Waals surface area contributed by atoms with Gasteiger partial charge in [-0.05, 0) is 37.9 Å². The minimum atomic E-state index is -1.10. The van der Waals surface area contributed by atoms with Crippen molar-refractivity contribution >= 4 is 5.97 Å². The molecule has 3 heterocycles. The minimum Gasteiger partial charge on any atom is -0.475 e. The van der Waals surface area contributed by atoms with Gasteiger partial charge in [-0.2, -0.15) is 0 Å². The summed E-state index contributed by atoms with van der Waals surface area (Å²) in [7, 11) is 0. The van der Waals surface area contributed by atoms with Gasteiger partial charge in [0.1, 0.15) is 11.4 Å². The normalized spacial score (nSPS) is 32.9. The second-order valence-electron chi connectivity index (χ2n) is 4.84. The lowest BCUT2D eigenvalue weighted by molar-refractivity contribution is -0.0111. The average Bonchev–Trinajstić information content (AvgIpc) is 2.96. The lowest BCUT2D eigenvalue weighted by Crippen LogP contribution is -2.38. The van der Waals surface area contributed by atoms with Gasteiger partial charge in [0.05, 0.1) is 0 Å². The van der Waals surface area contributed by atoms with Crippen LogP contribution in [0.4, 0.5) is 0 Å². The highest BCUT2D eigenvalue weighted by atomic mass is 16.4. The number of carboxylic acid groups (broad SMARTS) is 1. The molecule has 0 radical (unpaired) electrons. The molecule has 0 spiro atoms. The van der Waals surface area contributed by atoms with Gasteiger partial charge in [-0.15, -0.1) is 0 Å². The maximum absolute atomic E-state index is 10.8. The summed E-state index contributed by atoms with van der Waals surface area (Å²) in [5, 5.41) is 19.5. The Morgan fingerprint density at radius 1 is 1.47 bits per heavy atom. The van der Waals surface area contributed by atoms with Crippen molar-refractivity contribution in [2.24, 2.45) is 0 Å². The molecule has 0 aromatic carbocycles. The third kappa shape index (κ3) is 1.50. The summed E-state index contributed by atoms with van der Waals surface area (Å²) in [6, 6.07) is 3.08. The number of hydrogen-bond acceptors (Lipinski definition) is 4. The van der Waals surface area contributed by atoms with Gasteiger partial charge in [-0.25, -0.2) is 4.79 Å². The fourth-order valence-corrected chi connectivity index (χ4v) is 3.09. The van der Waals surface area contributed by atoms with Crippen molar-refractivity contribution in [2.45, 2.75) is 30.9 Å². The molecule has 2 N–H and O–H groups in total. The Morgan fingerprint density at radius 2 is 2.29 bits per heavy atom. The highest BCUT2D eigenvalue weighted by Crippen LogP contribution is 2.43. The second-order valence-corrected chi connectivity index (χ2v) is 4.84. The van der Waals surface area contributed by atoms with Crippen molar-refractivity contribution in [1.29, 1.82) is 0 Å². The van der Waals surface area contributed by atoms with Crippen molar-refractivity contribution < 1.29 is 19.4 Å². The first kappa shape index (κ1) is 10.8. The maximum Gasteiger partial charge on any atom is 0.371 e. The molecule has 2 unspecified atom stereocenters. The highest BCUT2D eigenvalue weighted by molar-refractivity contribution is 5.84. The summed E-state index contributed by atoms with van der Waals surface area (Å²) in [6.07, 6.45) is 2.64. The predicted octanol–water partition coefficient (Wildman–Crippen LogP) is 1.03. The summed E-state index contributed by atoms with van der Waals surface area (Å²) in [4.78, 5) is 13.0. The van der Waals surface area contributed by atoms with Crippen LogP contribution in [0.1, 0.15) is 35.6 Å². The van der Waals surface area contributed by atoms with E-state index < -0.39 is 11.6 Å². The van der Waals surface area contributed by atoms with Crippen molar-refractivity contribution in [3.63, 3.8) is 0 Å². The fourth-order valence-electron chi connectivity index (χ4n) is 3.09. The lowest BCUT2D eigenvalue weighted by Gasteiger charge is -2.27. The lowest BCUT2D eigenvalue weighted by atomic mass is 9.90.